The van der Waals surface area contributed by atoms with E-state index in [1.807, 2.05) is 0 Å². The fourth-order valence-corrected chi connectivity index (χ4v) is 10.8. The largest absolute Gasteiger partial charge is 0.388 e. The van der Waals surface area contributed by atoms with Gasteiger partial charge in [0, 0.05) is 9.84 Å². The third-order valence-electron chi connectivity index (χ3n) is 10.3. The first kappa shape index (κ1) is 19.5. The summed E-state index contributed by atoms with van der Waals surface area (Å²) in [5, 5.41) is 7.66. The van der Waals surface area contributed by atoms with Crippen molar-refractivity contribution in [3.8, 4) is 0 Å². The van der Waals surface area contributed by atoms with E-state index in [1.165, 1.54) is 64.2 Å². The van der Waals surface area contributed by atoms with Crippen LogP contribution in [-0.2, 0) is 0 Å². The number of amidine groups is 1. The highest BCUT2D eigenvalue weighted by Crippen LogP contribution is 2.74. The van der Waals surface area contributed by atoms with Gasteiger partial charge in [0.25, 0.3) is 0 Å². The zero-order valence-corrected chi connectivity index (χ0v) is 19.3. The molecule has 3 heteroatoms. The summed E-state index contributed by atoms with van der Waals surface area (Å²) in [7, 11) is 0. The van der Waals surface area contributed by atoms with Crippen molar-refractivity contribution in [3.63, 3.8) is 0 Å². The molecule has 26 heavy (non-hydrogen) atoms. The lowest BCUT2D eigenvalue weighted by atomic mass is 9.40. The van der Waals surface area contributed by atoms with E-state index in [-0.39, 0.29) is 0 Å². The monoisotopic (exact) mass is 470 g/mol. The van der Waals surface area contributed by atoms with Crippen LogP contribution in [0.2, 0.25) is 0 Å². The van der Waals surface area contributed by atoms with Crippen molar-refractivity contribution in [1.82, 2.24) is 0 Å². The van der Waals surface area contributed by atoms with Gasteiger partial charge in [0.1, 0.15) is 0 Å². The molecule has 2 nitrogen and oxygen atoms in total. The van der Waals surface area contributed by atoms with E-state index in [0.717, 1.165) is 30.6 Å². The summed E-state index contributed by atoms with van der Waals surface area (Å²) < 4.78 is 0.515. The Labute approximate surface area is 174 Å². The fraction of sp³-hybridized carbons (Fsp3) is 0.957. The molecule has 4 rings (SSSR count). The summed E-state index contributed by atoms with van der Waals surface area (Å²) in [6.45, 7) is 7.94. The minimum absolute atomic E-state index is 0.387. The molecule has 0 aromatic heterocycles. The number of nitrogens with two attached hydrogens (primary N) is 1. The van der Waals surface area contributed by atoms with Gasteiger partial charge in [-0.2, -0.15) is 0 Å². The van der Waals surface area contributed by atoms with Crippen LogP contribution in [0.15, 0.2) is 0 Å². The van der Waals surface area contributed by atoms with Gasteiger partial charge in [0.15, 0.2) is 0 Å². The summed E-state index contributed by atoms with van der Waals surface area (Å²) in [6.07, 6.45) is 16.4. The first-order valence-electron chi connectivity index (χ1n) is 11.2. The Morgan fingerprint density at radius 2 is 1.69 bits per heavy atom. The lowest BCUT2D eigenvalue weighted by Crippen LogP contribution is -2.63. The predicted molar refractivity (Wildman–Crippen MR) is 119 cm³/mol. The molecule has 0 aromatic carbocycles. The van der Waals surface area contributed by atoms with Crippen molar-refractivity contribution in [2.45, 2.75) is 101 Å². The number of alkyl halides is 1. The second-order valence-corrected chi connectivity index (χ2v) is 13.1. The summed E-state index contributed by atoms with van der Waals surface area (Å²) in [6, 6.07) is 0. The van der Waals surface area contributed by atoms with Gasteiger partial charge < -0.3 is 5.73 Å². The first-order chi connectivity index (χ1) is 12.2. The average molecular weight is 470 g/mol. The Balaban J connectivity index is 1.63. The van der Waals surface area contributed by atoms with E-state index in [1.54, 1.807) is 0 Å². The molecular weight excluding hydrogens is 431 g/mol. The Morgan fingerprint density at radius 3 is 2.42 bits per heavy atom. The van der Waals surface area contributed by atoms with E-state index in [2.05, 4.69) is 43.4 Å². The van der Waals surface area contributed by atoms with Crippen LogP contribution in [0.1, 0.15) is 97.8 Å². The molecule has 0 spiro atoms. The highest BCUT2D eigenvalue weighted by molar-refractivity contribution is 14.1. The Morgan fingerprint density at radius 1 is 0.962 bits per heavy atom. The maximum atomic E-state index is 7.66. The van der Waals surface area contributed by atoms with E-state index < -0.39 is 0 Å². The third kappa shape index (κ3) is 2.57. The van der Waals surface area contributed by atoms with Gasteiger partial charge in [-0.15, -0.1) is 0 Å². The molecule has 3 N–H and O–H groups in total. The summed E-state index contributed by atoms with van der Waals surface area (Å²) >= 11 is 2.99. The van der Waals surface area contributed by atoms with Crippen LogP contribution in [0.4, 0.5) is 0 Å². The number of halogens is 1. The summed E-state index contributed by atoms with van der Waals surface area (Å²) in [5.41, 5.74) is 7.34. The molecule has 4 aliphatic rings. The quantitative estimate of drug-likeness (QED) is 0.205. The van der Waals surface area contributed by atoms with Gasteiger partial charge in [-0.05, 0) is 91.8 Å². The molecule has 4 fully saturated rings. The van der Waals surface area contributed by atoms with Crippen molar-refractivity contribution in [2.75, 3.05) is 0 Å². The summed E-state index contributed by atoms with van der Waals surface area (Å²) in [5.74, 6) is 2.98. The molecule has 148 valence electrons. The van der Waals surface area contributed by atoms with Crippen LogP contribution >= 0.6 is 22.6 Å². The van der Waals surface area contributed by atoms with Crippen LogP contribution < -0.4 is 5.73 Å². The highest BCUT2D eigenvalue weighted by atomic mass is 127. The van der Waals surface area contributed by atoms with Crippen molar-refractivity contribution >= 4 is 28.4 Å². The van der Waals surface area contributed by atoms with E-state index >= 15 is 0 Å². The highest BCUT2D eigenvalue weighted by Gasteiger charge is 2.67. The second kappa shape index (κ2) is 6.35. The standard InChI is InChI=1S/C23H39IN2/c1-20-11-4-5-12-22(20,3)18-10-13-21(2)16(7-9-19(25)26)6-8-17(21)23(18,24)15-14-20/h16-18H,4-15H2,1-3H3,(H3,25,26)/t16-,17?,18?,20?,21-,22?,23?/m1/s1. The van der Waals surface area contributed by atoms with Gasteiger partial charge >= 0.3 is 0 Å². The van der Waals surface area contributed by atoms with Gasteiger partial charge in [-0.25, -0.2) is 0 Å². The molecular formula is C23H39IN2. The van der Waals surface area contributed by atoms with E-state index in [9.17, 15) is 0 Å². The van der Waals surface area contributed by atoms with Crippen molar-refractivity contribution in [3.05, 3.63) is 0 Å². The topological polar surface area (TPSA) is 49.9 Å². The van der Waals surface area contributed by atoms with Crippen LogP contribution in [0, 0.1) is 39.4 Å². The first-order valence-corrected chi connectivity index (χ1v) is 12.3. The number of fused-ring (bicyclic) bond motifs is 5. The second-order valence-electron chi connectivity index (χ2n) is 11.1. The Hall–Kier alpha value is 0.200. The maximum absolute atomic E-state index is 7.66. The van der Waals surface area contributed by atoms with Gasteiger partial charge in [-0.3, -0.25) is 5.41 Å². The normalized spacial score (nSPS) is 53.5. The number of rotatable bonds is 3. The third-order valence-corrected chi connectivity index (χ3v) is 12.4. The minimum Gasteiger partial charge on any atom is -0.388 e. The molecule has 0 aromatic rings. The van der Waals surface area contributed by atoms with Crippen molar-refractivity contribution < 1.29 is 0 Å². The molecule has 0 bridgehead atoms. The minimum atomic E-state index is 0.387. The fourth-order valence-electron chi connectivity index (χ4n) is 8.48. The molecule has 0 aliphatic heterocycles. The molecule has 0 heterocycles. The summed E-state index contributed by atoms with van der Waals surface area (Å²) in [4.78, 5) is 0. The molecule has 4 saturated carbocycles. The van der Waals surface area contributed by atoms with Gasteiger partial charge in [0.05, 0.1) is 5.84 Å². The molecule has 0 saturated heterocycles. The van der Waals surface area contributed by atoms with Gasteiger partial charge in [0.2, 0.25) is 0 Å². The smallest absolute Gasteiger partial charge is 0.0905 e. The van der Waals surface area contributed by atoms with E-state index in [0.29, 0.717) is 25.5 Å². The maximum Gasteiger partial charge on any atom is 0.0905 e. The molecule has 5 unspecified atom stereocenters. The molecule has 0 amide bonds. The number of hydrogen-bond acceptors (Lipinski definition) is 1. The van der Waals surface area contributed by atoms with Crippen molar-refractivity contribution in [1.29, 1.82) is 5.41 Å². The van der Waals surface area contributed by atoms with Crippen LogP contribution in [0.3, 0.4) is 0 Å². The molecule has 4 aliphatic carbocycles. The lowest BCUT2D eigenvalue weighted by molar-refractivity contribution is -0.132. The zero-order chi connectivity index (χ0) is 18.8. The Bertz CT molecular complexity index is 591. The Kier molecular flexibility index (Phi) is 4.77. The lowest BCUT2D eigenvalue weighted by Gasteiger charge is -2.68. The van der Waals surface area contributed by atoms with E-state index in [4.69, 9.17) is 11.1 Å². The average Bonchev–Trinajstić information content (AvgIpc) is 2.91. The number of hydrogen-bond donors (Lipinski definition) is 2. The van der Waals surface area contributed by atoms with Gasteiger partial charge in [-0.1, -0.05) is 56.2 Å². The molecule has 7 atom stereocenters. The SMILES string of the molecule is CC12CCCCC1(C)C1CC[C@@]3(C)C(CC[C@@H]3CCC(=N)N)C1(I)CC2. The molecule has 0 radical (unpaired) electrons. The van der Waals surface area contributed by atoms with Crippen molar-refractivity contribution in [2.24, 2.45) is 39.7 Å². The zero-order valence-electron chi connectivity index (χ0n) is 17.2. The van der Waals surface area contributed by atoms with Crippen LogP contribution in [0.5, 0.6) is 0 Å². The predicted octanol–water partition coefficient (Wildman–Crippen LogP) is 6.70. The number of nitrogens with one attached hydrogen (secondary N) is 1. The van der Waals surface area contributed by atoms with Crippen LogP contribution in [-0.4, -0.2) is 9.26 Å². The van der Waals surface area contributed by atoms with Crippen LogP contribution in [0.25, 0.3) is 0 Å².